The summed E-state index contributed by atoms with van der Waals surface area (Å²) in [5.41, 5.74) is 2.69. The molecule has 0 aliphatic heterocycles. The van der Waals surface area contributed by atoms with E-state index >= 15 is 0 Å². The van der Waals surface area contributed by atoms with Gasteiger partial charge in [-0.3, -0.25) is 24.3 Å². The minimum Gasteiger partial charge on any atom is -0.321 e. The molecule has 8 nitrogen and oxygen atoms in total. The number of fused-ring (bicyclic) bond motifs is 1. The lowest BCUT2D eigenvalue weighted by molar-refractivity contribution is -0.384. The number of benzene rings is 2. The topological polar surface area (TPSA) is 107 Å². The fourth-order valence-corrected chi connectivity index (χ4v) is 3.44. The Bertz CT molecular complexity index is 1410. The van der Waals surface area contributed by atoms with Gasteiger partial charge in [0.2, 0.25) is 0 Å². The molecular weight excluding hydrogens is 408 g/mol. The highest BCUT2D eigenvalue weighted by Crippen LogP contribution is 2.22. The monoisotopic (exact) mass is 428 g/mol. The third kappa shape index (κ3) is 4.11. The number of aryl methyl sites for hydroxylation is 2. The molecule has 4 rings (SSSR count). The van der Waals surface area contributed by atoms with Gasteiger partial charge in [0.25, 0.3) is 17.2 Å². The van der Waals surface area contributed by atoms with Gasteiger partial charge in [-0.05, 0) is 43.2 Å². The highest BCUT2D eigenvalue weighted by Gasteiger charge is 2.18. The fraction of sp³-hybridized carbons (Fsp3) is 0.125. The maximum Gasteiger partial charge on any atom is 0.271 e. The van der Waals surface area contributed by atoms with Crippen molar-refractivity contribution in [2.24, 2.45) is 0 Å². The van der Waals surface area contributed by atoms with Gasteiger partial charge in [0, 0.05) is 23.7 Å². The van der Waals surface area contributed by atoms with Crippen LogP contribution in [0, 0.1) is 24.0 Å². The molecule has 0 saturated heterocycles. The number of amides is 1. The number of carbonyl (C=O) groups is 1. The van der Waals surface area contributed by atoms with Crippen molar-refractivity contribution in [1.82, 2.24) is 9.55 Å². The lowest BCUT2D eigenvalue weighted by atomic mass is 10.1. The van der Waals surface area contributed by atoms with Crippen LogP contribution in [0.3, 0.4) is 0 Å². The van der Waals surface area contributed by atoms with Crippen LogP contribution in [0.5, 0.6) is 0 Å². The summed E-state index contributed by atoms with van der Waals surface area (Å²) < 4.78 is 1.47. The summed E-state index contributed by atoms with van der Waals surface area (Å²) in [5.74, 6) is -0.637. The SMILES string of the molecule is Cc1ccc(Cn2c(=O)c(C(=O)Nc3cc([N+](=O)[O-])ccc3C)cc3cccnc32)cc1. The van der Waals surface area contributed by atoms with Crippen molar-refractivity contribution in [3.05, 3.63) is 110 Å². The van der Waals surface area contributed by atoms with Crippen LogP contribution in [0.1, 0.15) is 27.0 Å². The summed E-state index contributed by atoms with van der Waals surface area (Å²) in [7, 11) is 0. The largest absolute Gasteiger partial charge is 0.321 e. The molecule has 0 radical (unpaired) electrons. The summed E-state index contributed by atoms with van der Waals surface area (Å²) in [6, 6.07) is 17.0. The second kappa shape index (κ2) is 8.43. The summed E-state index contributed by atoms with van der Waals surface area (Å²) in [6.07, 6.45) is 1.60. The number of nitro benzene ring substituents is 1. The molecule has 0 saturated carbocycles. The molecule has 0 spiro atoms. The molecule has 4 aromatic rings. The van der Waals surface area contributed by atoms with Gasteiger partial charge in [0.1, 0.15) is 11.2 Å². The van der Waals surface area contributed by atoms with Crippen LogP contribution in [-0.4, -0.2) is 20.4 Å². The zero-order valence-corrected chi connectivity index (χ0v) is 17.5. The Balaban J connectivity index is 1.78. The van der Waals surface area contributed by atoms with Crippen molar-refractivity contribution in [2.45, 2.75) is 20.4 Å². The van der Waals surface area contributed by atoms with Crippen molar-refractivity contribution in [1.29, 1.82) is 0 Å². The number of anilines is 1. The molecule has 0 fully saturated rings. The first-order valence-corrected chi connectivity index (χ1v) is 9.94. The summed E-state index contributed by atoms with van der Waals surface area (Å²) in [5, 5.41) is 14.4. The normalized spacial score (nSPS) is 10.8. The van der Waals surface area contributed by atoms with Gasteiger partial charge in [-0.15, -0.1) is 0 Å². The van der Waals surface area contributed by atoms with Crippen molar-refractivity contribution in [2.75, 3.05) is 5.32 Å². The van der Waals surface area contributed by atoms with Crippen LogP contribution in [0.4, 0.5) is 11.4 Å². The quantitative estimate of drug-likeness (QED) is 0.378. The van der Waals surface area contributed by atoms with E-state index in [4.69, 9.17) is 0 Å². The van der Waals surface area contributed by atoms with Crippen LogP contribution in [-0.2, 0) is 6.54 Å². The average Bonchev–Trinajstić information content (AvgIpc) is 2.78. The number of carbonyl (C=O) groups excluding carboxylic acids is 1. The van der Waals surface area contributed by atoms with E-state index < -0.39 is 16.4 Å². The van der Waals surface area contributed by atoms with E-state index in [0.29, 0.717) is 16.6 Å². The molecule has 8 heteroatoms. The van der Waals surface area contributed by atoms with Gasteiger partial charge in [0.15, 0.2) is 0 Å². The molecule has 32 heavy (non-hydrogen) atoms. The van der Waals surface area contributed by atoms with E-state index in [-0.39, 0.29) is 23.5 Å². The zero-order valence-electron chi connectivity index (χ0n) is 17.5. The summed E-state index contributed by atoms with van der Waals surface area (Å²) >= 11 is 0. The average molecular weight is 428 g/mol. The minimum atomic E-state index is -0.637. The number of pyridine rings is 2. The minimum absolute atomic E-state index is 0.0662. The number of hydrogen-bond donors (Lipinski definition) is 1. The zero-order chi connectivity index (χ0) is 22.8. The Morgan fingerprint density at radius 3 is 2.56 bits per heavy atom. The van der Waals surface area contributed by atoms with Gasteiger partial charge in [-0.25, -0.2) is 4.98 Å². The van der Waals surface area contributed by atoms with Crippen molar-refractivity contribution < 1.29 is 9.72 Å². The maximum absolute atomic E-state index is 13.3. The number of nitrogens with zero attached hydrogens (tertiary/aromatic N) is 3. The first kappa shape index (κ1) is 20.9. The molecule has 0 unspecified atom stereocenters. The standard InChI is InChI=1S/C24H20N4O4/c1-15-5-8-17(9-6-15)14-27-22-18(4-3-11-25-22)12-20(24(27)30)23(29)26-21-13-19(28(31)32)10-7-16(21)2/h3-13H,14H2,1-2H3,(H,26,29). The van der Waals surface area contributed by atoms with Crippen LogP contribution in [0.15, 0.2) is 71.7 Å². The highest BCUT2D eigenvalue weighted by molar-refractivity contribution is 6.06. The predicted octanol–water partition coefficient (Wildman–Crippen LogP) is 4.22. The van der Waals surface area contributed by atoms with Gasteiger partial charge in [0.05, 0.1) is 17.2 Å². The smallest absolute Gasteiger partial charge is 0.271 e. The van der Waals surface area contributed by atoms with Crippen molar-refractivity contribution in [3.8, 4) is 0 Å². The second-order valence-corrected chi connectivity index (χ2v) is 7.56. The Morgan fingerprint density at radius 1 is 1.09 bits per heavy atom. The molecule has 2 aromatic carbocycles. The Hall–Kier alpha value is -4.33. The molecule has 1 N–H and O–H groups in total. The number of rotatable bonds is 5. The van der Waals surface area contributed by atoms with Crippen molar-refractivity contribution in [3.63, 3.8) is 0 Å². The van der Waals surface area contributed by atoms with Crippen LogP contribution in [0.2, 0.25) is 0 Å². The molecule has 1 amide bonds. The molecule has 0 atom stereocenters. The van der Waals surface area contributed by atoms with E-state index in [1.165, 1.54) is 22.8 Å². The number of aromatic nitrogens is 2. The first-order chi connectivity index (χ1) is 15.3. The van der Waals surface area contributed by atoms with E-state index in [1.807, 2.05) is 31.2 Å². The molecule has 160 valence electrons. The van der Waals surface area contributed by atoms with Gasteiger partial charge in [-0.2, -0.15) is 0 Å². The molecule has 0 aliphatic carbocycles. The Kier molecular flexibility index (Phi) is 5.51. The van der Waals surface area contributed by atoms with E-state index in [2.05, 4.69) is 10.3 Å². The van der Waals surface area contributed by atoms with Crippen molar-refractivity contribution >= 4 is 28.3 Å². The Morgan fingerprint density at radius 2 is 1.84 bits per heavy atom. The van der Waals surface area contributed by atoms with E-state index in [9.17, 15) is 19.7 Å². The number of nitrogens with one attached hydrogen (secondary N) is 1. The molecular formula is C24H20N4O4. The fourth-order valence-electron chi connectivity index (χ4n) is 3.44. The van der Waals surface area contributed by atoms with E-state index in [0.717, 1.165) is 11.1 Å². The Labute approximate surface area is 183 Å². The number of hydrogen-bond acceptors (Lipinski definition) is 5. The summed E-state index contributed by atoms with van der Waals surface area (Å²) in [6.45, 7) is 3.96. The van der Waals surface area contributed by atoms with Gasteiger partial charge in [-0.1, -0.05) is 35.9 Å². The third-order valence-electron chi connectivity index (χ3n) is 5.23. The lowest BCUT2D eigenvalue weighted by Gasteiger charge is -2.13. The molecule has 0 bridgehead atoms. The van der Waals surface area contributed by atoms with Gasteiger partial charge < -0.3 is 5.32 Å². The number of nitro groups is 1. The molecule has 2 heterocycles. The number of non-ortho nitro benzene ring substituents is 1. The second-order valence-electron chi connectivity index (χ2n) is 7.56. The summed E-state index contributed by atoms with van der Waals surface area (Å²) in [4.78, 5) is 41.2. The van der Waals surface area contributed by atoms with E-state index in [1.54, 1.807) is 31.3 Å². The maximum atomic E-state index is 13.3. The predicted molar refractivity (Wildman–Crippen MR) is 122 cm³/mol. The van der Waals surface area contributed by atoms with Gasteiger partial charge >= 0.3 is 0 Å². The molecule has 2 aromatic heterocycles. The molecule has 0 aliphatic rings. The first-order valence-electron chi connectivity index (χ1n) is 9.94. The lowest BCUT2D eigenvalue weighted by Crippen LogP contribution is -2.30. The highest BCUT2D eigenvalue weighted by atomic mass is 16.6. The van der Waals surface area contributed by atoms with Crippen LogP contribution >= 0.6 is 0 Å². The van der Waals surface area contributed by atoms with Crippen LogP contribution < -0.4 is 10.9 Å². The third-order valence-corrected chi connectivity index (χ3v) is 5.23. The van der Waals surface area contributed by atoms with Crippen LogP contribution in [0.25, 0.3) is 11.0 Å².